The highest BCUT2D eigenvalue weighted by molar-refractivity contribution is 6.14. The number of rotatable bonds is 4. The number of aromatic nitrogens is 3. The van der Waals surface area contributed by atoms with Gasteiger partial charge in [0.15, 0.2) is 0 Å². The third-order valence-corrected chi connectivity index (χ3v) is 6.33. The van der Waals surface area contributed by atoms with Crippen LogP contribution >= 0.6 is 0 Å². The van der Waals surface area contributed by atoms with E-state index in [1.54, 1.807) is 20.8 Å². The van der Waals surface area contributed by atoms with Crippen molar-refractivity contribution < 1.29 is 13.2 Å². The summed E-state index contributed by atoms with van der Waals surface area (Å²) in [6.07, 6.45) is 0. The second-order valence-electron chi connectivity index (χ2n) is 9.69. The lowest BCUT2D eigenvalue weighted by molar-refractivity contribution is 0.121. The molecule has 4 heterocycles. The van der Waals surface area contributed by atoms with Gasteiger partial charge in [0, 0.05) is 38.3 Å². The number of alkyl halides is 1. The number of fused-ring (bicyclic) bond motifs is 3. The Morgan fingerprint density at radius 3 is 2.37 bits per heavy atom. The van der Waals surface area contributed by atoms with Crippen LogP contribution in [0.2, 0.25) is 0 Å². The Hall–Kier alpha value is -3.40. The van der Waals surface area contributed by atoms with E-state index in [1.165, 1.54) is 18.2 Å². The first kappa shape index (κ1) is 23.3. The second-order valence-corrected chi connectivity index (χ2v) is 9.69. The number of piperazine rings is 1. The van der Waals surface area contributed by atoms with Crippen LogP contribution in [0.25, 0.3) is 11.3 Å². The summed E-state index contributed by atoms with van der Waals surface area (Å²) < 4.78 is 43.4. The van der Waals surface area contributed by atoms with E-state index < -0.39 is 17.3 Å². The molecule has 0 amide bonds. The van der Waals surface area contributed by atoms with Crippen LogP contribution in [0, 0.1) is 25.5 Å². The van der Waals surface area contributed by atoms with Gasteiger partial charge in [0.1, 0.15) is 34.6 Å². The Labute approximate surface area is 202 Å². The van der Waals surface area contributed by atoms with Crippen LogP contribution < -0.4 is 10.2 Å². The van der Waals surface area contributed by atoms with Gasteiger partial charge in [-0.3, -0.25) is 10.00 Å². The number of aryl methyl sites for hydroxylation is 2. The molecular formula is C25H28F3N7. The number of amidine groups is 1. The predicted molar refractivity (Wildman–Crippen MR) is 131 cm³/mol. The summed E-state index contributed by atoms with van der Waals surface area (Å²) in [7, 11) is 0. The van der Waals surface area contributed by atoms with Crippen molar-refractivity contribution in [1.29, 1.82) is 0 Å². The van der Waals surface area contributed by atoms with Crippen LogP contribution in [0.3, 0.4) is 0 Å². The van der Waals surface area contributed by atoms with Crippen molar-refractivity contribution >= 4 is 23.0 Å². The molecule has 2 aromatic heterocycles. The molecule has 35 heavy (non-hydrogen) atoms. The van der Waals surface area contributed by atoms with Crippen LogP contribution in [0.1, 0.15) is 30.8 Å². The number of aromatic amines is 1. The summed E-state index contributed by atoms with van der Waals surface area (Å²) in [5.74, 6) is -0.580. The molecule has 7 nitrogen and oxygen atoms in total. The van der Waals surface area contributed by atoms with Crippen molar-refractivity contribution in [2.24, 2.45) is 4.99 Å². The van der Waals surface area contributed by atoms with E-state index in [4.69, 9.17) is 4.98 Å². The van der Waals surface area contributed by atoms with Crippen molar-refractivity contribution in [1.82, 2.24) is 20.1 Å². The molecule has 0 bridgehead atoms. The van der Waals surface area contributed by atoms with Crippen molar-refractivity contribution in [3.63, 3.8) is 0 Å². The molecule has 2 aliphatic heterocycles. The summed E-state index contributed by atoms with van der Waals surface area (Å²) >= 11 is 0. The van der Waals surface area contributed by atoms with E-state index >= 15 is 0 Å². The van der Waals surface area contributed by atoms with Crippen LogP contribution in [0.5, 0.6) is 0 Å². The molecule has 0 atom stereocenters. The van der Waals surface area contributed by atoms with Crippen LogP contribution in [0.4, 0.5) is 30.4 Å². The maximum Gasteiger partial charge on any atom is 0.144 e. The summed E-state index contributed by atoms with van der Waals surface area (Å²) in [5.41, 5.74) is 2.35. The van der Waals surface area contributed by atoms with Crippen molar-refractivity contribution in [3.05, 3.63) is 52.9 Å². The maximum absolute atomic E-state index is 14.7. The molecule has 1 fully saturated rings. The molecular weight excluding hydrogens is 455 g/mol. The van der Waals surface area contributed by atoms with Gasteiger partial charge in [-0.15, -0.1) is 0 Å². The van der Waals surface area contributed by atoms with Gasteiger partial charge < -0.3 is 10.2 Å². The number of H-pyrrole nitrogens is 1. The Balaban J connectivity index is 1.52. The van der Waals surface area contributed by atoms with Gasteiger partial charge in [-0.05, 0) is 45.9 Å². The lowest BCUT2D eigenvalue weighted by Crippen LogP contribution is -2.49. The van der Waals surface area contributed by atoms with Gasteiger partial charge >= 0.3 is 0 Å². The van der Waals surface area contributed by atoms with Gasteiger partial charge in [0.05, 0.1) is 28.3 Å². The smallest absolute Gasteiger partial charge is 0.144 e. The molecule has 0 aliphatic carbocycles. The minimum atomic E-state index is -1.24. The third-order valence-electron chi connectivity index (χ3n) is 6.33. The Morgan fingerprint density at radius 1 is 1.03 bits per heavy atom. The Bertz CT molecular complexity index is 1280. The topological polar surface area (TPSA) is 72.4 Å². The molecule has 3 aromatic rings. The number of anilines is 2. The molecule has 1 aromatic carbocycles. The summed E-state index contributed by atoms with van der Waals surface area (Å²) in [5, 5.41) is 10.5. The minimum Gasteiger partial charge on any atom is -0.354 e. The van der Waals surface area contributed by atoms with E-state index in [2.05, 4.69) is 30.3 Å². The number of aliphatic imine (C=N–C) groups is 1. The molecule has 2 aliphatic rings. The van der Waals surface area contributed by atoms with E-state index in [9.17, 15) is 13.2 Å². The zero-order chi connectivity index (χ0) is 24.9. The number of benzene rings is 1. The molecule has 0 saturated carbocycles. The van der Waals surface area contributed by atoms with Crippen LogP contribution in [-0.4, -0.2) is 64.3 Å². The normalized spacial score (nSPS) is 16.3. The lowest BCUT2D eigenvalue weighted by atomic mass is 10.1. The lowest BCUT2D eigenvalue weighted by Gasteiger charge is -2.37. The van der Waals surface area contributed by atoms with Crippen molar-refractivity contribution in [3.8, 4) is 11.3 Å². The Morgan fingerprint density at radius 2 is 1.71 bits per heavy atom. The van der Waals surface area contributed by atoms with Gasteiger partial charge in [-0.1, -0.05) is 6.07 Å². The Kier molecular flexibility index (Phi) is 5.79. The molecule has 0 unspecified atom stereocenters. The number of halogens is 3. The highest BCUT2D eigenvalue weighted by Gasteiger charge is 2.29. The molecule has 0 spiro atoms. The molecule has 184 valence electrons. The predicted octanol–water partition coefficient (Wildman–Crippen LogP) is 4.74. The highest BCUT2D eigenvalue weighted by Crippen LogP contribution is 2.41. The first-order valence-electron chi connectivity index (χ1n) is 11.6. The molecule has 0 radical (unpaired) electrons. The quantitative estimate of drug-likeness (QED) is 0.561. The average molecular weight is 484 g/mol. The molecule has 5 rings (SSSR count). The molecule has 2 N–H and O–H groups in total. The number of nitrogens with one attached hydrogen (secondary N) is 2. The summed E-state index contributed by atoms with van der Waals surface area (Å²) in [6, 6.07) is 5.67. The third kappa shape index (κ3) is 4.50. The number of nitrogens with zero attached hydrogens (tertiary/aromatic N) is 5. The second kappa shape index (κ2) is 8.67. The maximum atomic E-state index is 14.7. The fourth-order valence-corrected chi connectivity index (χ4v) is 4.69. The zero-order valence-corrected chi connectivity index (χ0v) is 20.2. The fourth-order valence-electron chi connectivity index (χ4n) is 4.69. The number of hydrogen-bond donors (Lipinski definition) is 2. The highest BCUT2D eigenvalue weighted by atomic mass is 19.1. The number of pyridine rings is 1. The summed E-state index contributed by atoms with van der Waals surface area (Å²) in [6.45, 7) is 10.1. The van der Waals surface area contributed by atoms with Crippen molar-refractivity contribution in [2.45, 2.75) is 33.4 Å². The van der Waals surface area contributed by atoms with E-state index in [-0.39, 0.29) is 11.4 Å². The SMILES string of the molecule is Cc1n[nH]c2c1N=C(c1c(F)cccc1F)Nc1c-2cc(N2CCN(CC(C)(C)F)CC2)nc1C. The average Bonchev–Trinajstić information content (AvgIpc) is 3.05. The van der Waals surface area contributed by atoms with Gasteiger partial charge in [0.25, 0.3) is 0 Å². The zero-order valence-electron chi connectivity index (χ0n) is 20.2. The standard InChI is InChI=1S/C25H28F3N7/c1-14-21-16(12-19(29-14)35-10-8-34(9-11-35)13-25(3,4)28)23-22(15(2)32-33-23)31-24(30-21)20-17(26)6-5-7-18(20)27/h5-7,12H,8-11,13H2,1-4H3,(H,30,31)(H,32,33). The van der Waals surface area contributed by atoms with Crippen LogP contribution in [0.15, 0.2) is 29.3 Å². The largest absolute Gasteiger partial charge is 0.354 e. The summed E-state index contributed by atoms with van der Waals surface area (Å²) in [4.78, 5) is 13.7. The van der Waals surface area contributed by atoms with Crippen molar-refractivity contribution in [2.75, 3.05) is 42.9 Å². The molecule has 1 saturated heterocycles. The fraction of sp³-hybridized carbons (Fsp3) is 0.400. The van der Waals surface area contributed by atoms with E-state index in [1.807, 2.05) is 13.0 Å². The van der Waals surface area contributed by atoms with Gasteiger partial charge in [-0.2, -0.15) is 5.10 Å². The first-order valence-corrected chi connectivity index (χ1v) is 11.6. The first-order chi connectivity index (χ1) is 16.6. The number of hydrogen-bond acceptors (Lipinski definition) is 6. The minimum absolute atomic E-state index is 0.0604. The van der Waals surface area contributed by atoms with E-state index in [0.29, 0.717) is 48.1 Å². The van der Waals surface area contributed by atoms with Gasteiger partial charge in [-0.25, -0.2) is 23.1 Å². The van der Waals surface area contributed by atoms with Crippen LogP contribution in [-0.2, 0) is 0 Å². The van der Waals surface area contributed by atoms with Gasteiger partial charge in [0.2, 0.25) is 0 Å². The molecule has 10 heteroatoms. The van der Waals surface area contributed by atoms with E-state index in [0.717, 1.165) is 24.5 Å². The monoisotopic (exact) mass is 483 g/mol.